The van der Waals surface area contributed by atoms with Crippen LogP contribution in [-0.2, 0) is 11.4 Å². The highest BCUT2D eigenvalue weighted by Crippen LogP contribution is 2.36. The van der Waals surface area contributed by atoms with Crippen molar-refractivity contribution in [3.05, 3.63) is 97.9 Å². The van der Waals surface area contributed by atoms with Crippen molar-refractivity contribution in [2.24, 2.45) is 0 Å². The molecule has 5 nitrogen and oxygen atoms in total. The van der Waals surface area contributed by atoms with E-state index in [1.165, 1.54) is 6.08 Å². The van der Waals surface area contributed by atoms with Gasteiger partial charge in [0, 0.05) is 11.3 Å². The zero-order valence-corrected chi connectivity index (χ0v) is 19.3. The second kappa shape index (κ2) is 10.6. The van der Waals surface area contributed by atoms with Gasteiger partial charge >= 0.3 is 0 Å². The Morgan fingerprint density at radius 2 is 1.65 bits per heavy atom. The van der Waals surface area contributed by atoms with Gasteiger partial charge in [0.15, 0.2) is 0 Å². The smallest absolute Gasteiger partial charge is 0.266 e. The van der Waals surface area contributed by atoms with Crippen LogP contribution in [0.25, 0.3) is 6.08 Å². The van der Waals surface area contributed by atoms with Crippen LogP contribution in [0.3, 0.4) is 0 Å². The molecule has 3 rings (SSSR count). The van der Waals surface area contributed by atoms with Crippen LogP contribution in [0.4, 0.5) is 5.69 Å². The quantitative estimate of drug-likeness (QED) is 0.300. The van der Waals surface area contributed by atoms with E-state index in [9.17, 15) is 15.3 Å². The molecule has 0 unspecified atom stereocenters. The van der Waals surface area contributed by atoms with E-state index >= 15 is 0 Å². The Morgan fingerprint density at radius 1 is 1.00 bits per heavy atom. The summed E-state index contributed by atoms with van der Waals surface area (Å²) in [6.45, 7) is 0.221. The zero-order chi connectivity index (χ0) is 22.2. The Kier molecular flexibility index (Phi) is 7.61. The molecule has 0 saturated carbocycles. The lowest BCUT2D eigenvalue weighted by molar-refractivity contribution is -0.112. The summed E-state index contributed by atoms with van der Waals surface area (Å²) < 4.78 is 7.18. The Balaban J connectivity index is 1.79. The highest BCUT2D eigenvalue weighted by atomic mass is 79.9. The minimum absolute atomic E-state index is 0.0285. The van der Waals surface area contributed by atoms with Crippen LogP contribution in [0.2, 0.25) is 0 Å². The van der Waals surface area contributed by atoms with Crippen molar-refractivity contribution >= 4 is 49.5 Å². The lowest BCUT2D eigenvalue weighted by atomic mass is 10.1. The van der Waals surface area contributed by atoms with Crippen molar-refractivity contribution in [1.29, 1.82) is 10.5 Å². The number of amides is 1. The summed E-state index contributed by atoms with van der Waals surface area (Å²) in [4.78, 5) is 12.4. The van der Waals surface area contributed by atoms with Gasteiger partial charge in [0.25, 0.3) is 5.91 Å². The van der Waals surface area contributed by atoms with Gasteiger partial charge in [0.2, 0.25) is 0 Å². The predicted molar refractivity (Wildman–Crippen MR) is 126 cm³/mol. The molecule has 0 saturated heterocycles. The average molecular weight is 537 g/mol. The molecule has 1 amide bonds. The summed E-state index contributed by atoms with van der Waals surface area (Å²) in [7, 11) is 0. The number of para-hydroxylation sites is 1. The van der Waals surface area contributed by atoms with Gasteiger partial charge in [-0.25, -0.2) is 0 Å². The minimum atomic E-state index is -0.491. The molecule has 152 valence electrons. The van der Waals surface area contributed by atoms with Gasteiger partial charge in [-0.2, -0.15) is 10.5 Å². The second-order valence-corrected chi connectivity index (χ2v) is 8.07. The van der Waals surface area contributed by atoms with Gasteiger partial charge in [-0.3, -0.25) is 4.79 Å². The van der Waals surface area contributed by atoms with Crippen molar-refractivity contribution in [3.8, 4) is 17.9 Å². The summed E-state index contributed by atoms with van der Waals surface area (Å²) in [6.07, 6.45) is 1.50. The molecule has 31 heavy (non-hydrogen) atoms. The van der Waals surface area contributed by atoms with Crippen molar-refractivity contribution in [3.63, 3.8) is 0 Å². The number of carbonyl (C=O) groups is 1. The number of nitrogens with one attached hydrogen (secondary N) is 1. The van der Waals surface area contributed by atoms with Crippen molar-refractivity contribution < 1.29 is 9.53 Å². The number of benzene rings is 3. The maximum Gasteiger partial charge on any atom is 0.266 e. The SMILES string of the molecule is N#C/C(=C/c1cc(Br)c(OCc2ccccc2C#N)c(Br)c1)C(=O)Nc1ccccc1. The van der Waals surface area contributed by atoms with E-state index in [-0.39, 0.29) is 12.2 Å². The largest absolute Gasteiger partial charge is 0.486 e. The average Bonchev–Trinajstić information content (AvgIpc) is 2.77. The molecular weight excluding hydrogens is 522 g/mol. The minimum Gasteiger partial charge on any atom is -0.486 e. The molecule has 0 atom stereocenters. The van der Waals surface area contributed by atoms with Crippen LogP contribution in [0.5, 0.6) is 5.75 Å². The number of halogens is 2. The number of anilines is 1. The summed E-state index contributed by atoms with van der Waals surface area (Å²) in [5, 5.41) is 21.4. The van der Waals surface area contributed by atoms with E-state index in [0.29, 0.717) is 31.5 Å². The first kappa shape index (κ1) is 22.3. The molecule has 1 N–H and O–H groups in total. The maximum atomic E-state index is 12.4. The Hall–Kier alpha value is -3.39. The van der Waals surface area contributed by atoms with Crippen LogP contribution in [0.15, 0.2) is 81.2 Å². The van der Waals surface area contributed by atoms with Crippen LogP contribution >= 0.6 is 31.9 Å². The highest BCUT2D eigenvalue weighted by Gasteiger charge is 2.13. The molecule has 0 radical (unpaired) electrons. The first-order chi connectivity index (χ1) is 15.0. The van der Waals surface area contributed by atoms with Gasteiger partial charge < -0.3 is 10.1 Å². The maximum absolute atomic E-state index is 12.4. The zero-order valence-electron chi connectivity index (χ0n) is 16.1. The van der Waals surface area contributed by atoms with Crippen LogP contribution in [0.1, 0.15) is 16.7 Å². The van der Waals surface area contributed by atoms with Gasteiger partial charge in [-0.1, -0.05) is 36.4 Å². The molecule has 0 heterocycles. The fourth-order valence-corrected chi connectivity index (χ4v) is 4.19. The third kappa shape index (κ3) is 5.82. The summed E-state index contributed by atoms with van der Waals surface area (Å²) >= 11 is 6.95. The van der Waals surface area contributed by atoms with E-state index in [0.717, 1.165) is 5.56 Å². The standard InChI is InChI=1S/C24H15Br2N3O2/c25-21-11-16(10-19(14-28)24(30)29-20-8-2-1-3-9-20)12-22(26)23(21)31-15-18-7-5-4-6-17(18)13-27/h1-12H,15H2,(H,29,30)/b19-10-. The van der Waals surface area contributed by atoms with Gasteiger partial charge in [0.05, 0.1) is 20.6 Å². The molecule has 0 aromatic heterocycles. The Bertz CT molecular complexity index is 1200. The van der Waals surface area contributed by atoms with E-state index in [2.05, 4.69) is 43.2 Å². The first-order valence-corrected chi connectivity index (χ1v) is 10.7. The fourth-order valence-electron chi connectivity index (χ4n) is 2.74. The summed E-state index contributed by atoms with van der Waals surface area (Å²) in [5.74, 6) is 0.0616. The first-order valence-electron chi connectivity index (χ1n) is 9.10. The number of carbonyl (C=O) groups excluding carboxylic acids is 1. The van der Waals surface area contributed by atoms with Crippen LogP contribution in [0, 0.1) is 22.7 Å². The van der Waals surface area contributed by atoms with E-state index in [4.69, 9.17) is 4.74 Å². The van der Waals surface area contributed by atoms with E-state index < -0.39 is 5.91 Å². The topological polar surface area (TPSA) is 85.9 Å². The lowest BCUT2D eigenvalue weighted by Gasteiger charge is -2.12. The molecule has 0 bridgehead atoms. The highest BCUT2D eigenvalue weighted by molar-refractivity contribution is 9.11. The number of hydrogen-bond donors (Lipinski definition) is 1. The predicted octanol–water partition coefficient (Wildman–Crippen LogP) is 6.21. The van der Waals surface area contributed by atoms with Crippen molar-refractivity contribution in [2.75, 3.05) is 5.32 Å². The number of nitrogens with zero attached hydrogens (tertiary/aromatic N) is 2. The Morgan fingerprint density at radius 3 is 2.29 bits per heavy atom. The molecule has 3 aromatic rings. The fraction of sp³-hybridized carbons (Fsp3) is 0.0417. The number of nitriles is 2. The molecule has 0 spiro atoms. The van der Waals surface area contributed by atoms with Crippen molar-refractivity contribution in [2.45, 2.75) is 6.61 Å². The molecule has 0 aliphatic heterocycles. The normalized spacial score (nSPS) is 10.6. The molecule has 0 aliphatic carbocycles. The lowest BCUT2D eigenvalue weighted by Crippen LogP contribution is -2.13. The second-order valence-electron chi connectivity index (χ2n) is 6.36. The van der Waals surface area contributed by atoms with Crippen molar-refractivity contribution in [1.82, 2.24) is 0 Å². The molecule has 0 fully saturated rings. The molecular formula is C24H15Br2N3O2. The van der Waals surface area contributed by atoms with E-state index in [1.54, 1.807) is 48.5 Å². The number of rotatable bonds is 6. The summed E-state index contributed by atoms with van der Waals surface area (Å²) in [6, 6.07) is 23.7. The number of hydrogen-bond acceptors (Lipinski definition) is 4. The molecule has 3 aromatic carbocycles. The monoisotopic (exact) mass is 535 g/mol. The van der Waals surface area contributed by atoms with Gasteiger partial charge in [0.1, 0.15) is 24.0 Å². The Labute approximate surface area is 196 Å². The van der Waals surface area contributed by atoms with Crippen LogP contribution in [-0.4, -0.2) is 5.91 Å². The number of ether oxygens (including phenoxy) is 1. The third-order valence-corrected chi connectivity index (χ3v) is 5.42. The molecule has 0 aliphatic rings. The van der Waals surface area contributed by atoms with Gasteiger partial charge in [-0.05, 0) is 73.8 Å². The molecule has 7 heteroatoms. The van der Waals surface area contributed by atoms with Gasteiger partial charge in [-0.15, -0.1) is 0 Å². The van der Waals surface area contributed by atoms with E-state index in [1.807, 2.05) is 24.3 Å². The third-order valence-electron chi connectivity index (χ3n) is 4.24. The summed E-state index contributed by atoms with van der Waals surface area (Å²) in [5.41, 5.74) is 2.55. The van der Waals surface area contributed by atoms with Crippen LogP contribution < -0.4 is 10.1 Å².